The highest BCUT2D eigenvalue weighted by Crippen LogP contribution is 2.36. The quantitative estimate of drug-likeness (QED) is 0.0554. The summed E-state index contributed by atoms with van der Waals surface area (Å²) < 4.78 is 29.0. The van der Waals surface area contributed by atoms with Crippen LogP contribution in [0.5, 0.6) is 23.0 Å². The van der Waals surface area contributed by atoms with Crippen molar-refractivity contribution in [2.45, 2.75) is 32.7 Å². The Balaban J connectivity index is 1.21. The Hall–Kier alpha value is -5.27. The number of urea groups is 1. The second-order valence-electron chi connectivity index (χ2n) is 10.9. The Morgan fingerprint density at radius 2 is 1.78 bits per heavy atom. The zero-order chi connectivity index (χ0) is 34.9. The number of aliphatic hydroxyl groups is 1. The molecule has 0 aromatic heterocycles. The number of rotatable bonds is 14. The Morgan fingerprint density at radius 3 is 2.55 bits per heavy atom. The number of nitrogens with one attached hydrogen (secondary N) is 3. The Kier molecular flexibility index (Phi) is 11.6. The molecular formula is C36H37BrN4O8. The van der Waals surface area contributed by atoms with Crippen LogP contribution in [0.3, 0.4) is 0 Å². The lowest BCUT2D eigenvalue weighted by Gasteiger charge is -2.28. The molecule has 0 aliphatic carbocycles. The van der Waals surface area contributed by atoms with Gasteiger partial charge >= 0.3 is 12.0 Å². The molecule has 5 rings (SSSR count). The molecule has 49 heavy (non-hydrogen) atoms. The lowest BCUT2D eigenvalue weighted by atomic mass is 9.95. The molecule has 1 aliphatic rings. The smallest absolute Gasteiger partial charge is 0.337 e. The van der Waals surface area contributed by atoms with Crippen molar-refractivity contribution in [2.75, 3.05) is 27.4 Å². The van der Waals surface area contributed by atoms with Crippen molar-refractivity contribution >= 4 is 44.9 Å². The molecule has 0 unspecified atom stereocenters. The van der Waals surface area contributed by atoms with E-state index in [4.69, 9.17) is 23.7 Å². The van der Waals surface area contributed by atoms with Gasteiger partial charge in [-0.05, 0) is 75.9 Å². The number of aliphatic hydroxyl groups excluding tert-OH is 1. The largest absolute Gasteiger partial charge is 0.493 e. The maximum Gasteiger partial charge on any atom is 0.337 e. The highest BCUT2D eigenvalue weighted by Gasteiger charge is 2.32. The number of halogens is 1. The van der Waals surface area contributed by atoms with Gasteiger partial charge in [-0.3, -0.25) is 5.43 Å². The lowest BCUT2D eigenvalue weighted by Crippen LogP contribution is -2.45. The summed E-state index contributed by atoms with van der Waals surface area (Å²) in [5.74, 6) is 1.22. The van der Waals surface area contributed by atoms with Crippen molar-refractivity contribution in [3.8, 4) is 23.0 Å². The van der Waals surface area contributed by atoms with Crippen molar-refractivity contribution in [2.24, 2.45) is 5.10 Å². The summed E-state index contributed by atoms with van der Waals surface area (Å²) in [6.45, 7) is 3.96. The van der Waals surface area contributed by atoms with Gasteiger partial charge in [0.15, 0.2) is 29.2 Å². The van der Waals surface area contributed by atoms with E-state index in [0.717, 1.165) is 16.3 Å². The molecule has 4 N–H and O–H groups in total. The number of amides is 2. The van der Waals surface area contributed by atoms with Crippen LogP contribution in [0.1, 0.15) is 36.6 Å². The average molecular weight is 734 g/mol. The molecule has 0 bridgehead atoms. The summed E-state index contributed by atoms with van der Waals surface area (Å²) in [6, 6.07) is 21.6. The second-order valence-corrected chi connectivity index (χ2v) is 11.7. The number of carbonyl (C=O) groups is 2. The van der Waals surface area contributed by atoms with Gasteiger partial charge in [0.1, 0.15) is 13.2 Å². The van der Waals surface area contributed by atoms with Gasteiger partial charge in [-0.25, -0.2) is 9.59 Å². The van der Waals surface area contributed by atoms with Crippen molar-refractivity contribution in [1.82, 2.24) is 16.1 Å². The number of hydrazone groups is 1. The molecule has 4 aromatic carbocycles. The van der Waals surface area contributed by atoms with Gasteiger partial charge in [0.05, 0.1) is 38.7 Å². The number of nitrogens with zero attached hydrogens (tertiary/aromatic N) is 1. The third-order valence-electron chi connectivity index (χ3n) is 7.65. The summed E-state index contributed by atoms with van der Waals surface area (Å²) in [4.78, 5) is 24.7. The van der Waals surface area contributed by atoms with E-state index in [1.54, 1.807) is 38.3 Å². The number of fused-ring (bicyclic) bond motifs is 1. The molecule has 1 aliphatic heterocycles. The van der Waals surface area contributed by atoms with Crippen LogP contribution in [0.15, 0.2) is 93.6 Å². The molecular weight excluding hydrogens is 696 g/mol. The Labute approximate surface area is 292 Å². The van der Waals surface area contributed by atoms with Crippen LogP contribution in [-0.4, -0.2) is 57.0 Å². The molecule has 0 saturated carbocycles. The van der Waals surface area contributed by atoms with Crippen LogP contribution in [0.4, 0.5) is 4.79 Å². The van der Waals surface area contributed by atoms with Gasteiger partial charge in [0.25, 0.3) is 0 Å². The first-order valence-electron chi connectivity index (χ1n) is 15.4. The first-order valence-corrected chi connectivity index (χ1v) is 16.2. The van der Waals surface area contributed by atoms with Gasteiger partial charge < -0.3 is 39.4 Å². The van der Waals surface area contributed by atoms with Gasteiger partial charge in [-0.1, -0.05) is 48.5 Å². The van der Waals surface area contributed by atoms with Gasteiger partial charge in [0, 0.05) is 15.7 Å². The van der Waals surface area contributed by atoms with Crippen LogP contribution in [0.25, 0.3) is 10.8 Å². The predicted octanol–water partition coefficient (Wildman–Crippen LogP) is 5.71. The third-order valence-corrected chi connectivity index (χ3v) is 8.33. The summed E-state index contributed by atoms with van der Waals surface area (Å²) in [6.07, 6.45) is 0.362. The minimum Gasteiger partial charge on any atom is -0.493 e. The minimum absolute atomic E-state index is 0.168. The third kappa shape index (κ3) is 8.42. The van der Waals surface area contributed by atoms with Crippen LogP contribution >= 0.6 is 15.9 Å². The number of ether oxygens (including phenoxy) is 5. The number of carbonyl (C=O) groups excluding carboxylic acids is 2. The molecule has 0 fully saturated rings. The van der Waals surface area contributed by atoms with Gasteiger partial charge in [-0.2, -0.15) is 5.10 Å². The minimum atomic E-state index is -1.17. The highest BCUT2D eigenvalue weighted by atomic mass is 79.9. The summed E-state index contributed by atoms with van der Waals surface area (Å²) in [5, 5.41) is 22.3. The van der Waals surface area contributed by atoms with Gasteiger partial charge in [-0.15, -0.1) is 0 Å². The van der Waals surface area contributed by atoms with Crippen molar-refractivity contribution in [3.63, 3.8) is 0 Å². The van der Waals surface area contributed by atoms with Gasteiger partial charge in [0.2, 0.25) is 0 Å². The zero-order valence-corrected chi connectivity index (χ0v) is 29.0. The highest BCUT2D eigenvalue weighted by molar-refractivity contribution is 9.10. The van der Waals surface area contributed by atoms with Crippen LogP contribution in [0.2, 0.25) is 0 Å². The van der Waals surface area contributed by atoms with Crippen molar-refractivity contribution in [1.29, 1.82) is 0 Å². The normalized spacial score (nSPS) is 15.0. The topological polar surface area (TPSA) is 149 Å². The van der Waals surface area contributed by atoms with Crippen LogP contribution in [-0.2, 0) is 16.1 Å². The average Bonchev–Trinajstić information content (AvgIpc) is 3.10. The Morgan fingerprint density at radius 1 is 1.00 bits per heavy atom. The Bertz CT molecular complexity index is 1890. The molecule has 1 heterocycles. The first kappa shape index (κ1) is 35.0. The van der Waals surface area contributed by atoms with E-state index in [1.807, 2.05) is 37.3 Å². The standard InChI is InChI=1S/C36H37BrN4O8/c1-5-47-30-15-23(34-33(35(43)46-4)21(2)39-36(44)40-34)13-14-28(30)49-20-32(42)41-38-18-25-16-29(45-3)31(17-27(25)37)48-19-24-11-8-10-22-9-6-7-12-26(22)24/h6-18,32,34,41-42H,5,19-20H2,1-4H3,(H2,39,40,44)/b38-18-/t32-,34+/m0/s1. The number of hydrogen-bond acceptors (Lipinski definition) is 10. The number of hydrogen-bond donors (Lipinski definition) is 4. The molecule has 2 amide bonds. The summed E-state index contributed by atoms with van der Waals surface area (Å²) in [5.41, 5.74) is 5.63. The molecule has 0 radical (unpaired) electrons. The van der Waals surface area contributed by atoms with Crippen LogP contribution < -0.4 is 35.0 Å². The number of esters is 1. The number of benzene rings is 4. The lowest BCUT2D eigenvalue weighted by molar-refractivity contribution is -0.136. The van der Waals surface area contributed by atoms with E-state index in [-0.39, 0.29) is 12.2 Å². The fraction of sp³-hybridized carbons (Fsp3) is 0.250. The number of allylic oxidation sites excluding steroid dienone is 1. The van der Waals surface area contributed by atoms with E-state index in [1.165, 1.54) is 13.3 Å². The monoisotopic (exact) mass is 732 g/mol. The predicted molar refractivity (Wildman–Crippen MR) is 188 cm³/mol. The van der Waals surface area contributed by atoms with Crippen molar-refractivity contribution in [3.05, 3.63) is 105 Å². The molecule has 12 nitrogen and oxygen atoms in total. The van der Waals surface area contributed by atoms with E-state index in [2.05, 4.69) is 55.3 Å². The van der Waals surface area contributed by atoms with E-state index >= 15 is 0 Å². The molecule has 0 saturated heterocycles. The van der Waals surface area contributed by atoms with E-state index < -0.39 is 24.3 Å². The zero-order valence-electron chi connectivity index (χ0n) is 27.4. The second kappa shape index (κ2) is 16.2. The van der Waals surface area contributed by atoms with Crippen LogP contribution in [0, 0.1) is 0 Å². The molecule has 0 spiro atoms. The molecule has 13 heteroatoms. The van der Waals surface area contributed by atoms with E-state index in [0.29, 0.717) is 57.5 Å². The maximum atomic E-state index is 12.5. The maximum absolute atomic E-state index is 12.5. The fourth-order valence-electron chi connectivity index (χ4n) is 5.31. The van der Waals surface area contributed by atoms with E-state index in [9.17, 15) is 14.7 Å². The fourth-order valence-corrected chi connectivity index (χ4v) is 5.74. The first-order chi connectivity index (χ1) is 23.7. The summed E-state index contributed by atoms with van der Waals surface area (Å²) in [7, 11) is 2.84. The SMILES string of the molecule is CCOc1cc([C@H]2NC(=O)NC(C)=C2C(=O)OC)ccc1OC[C@H](O)N/N=C\c1cc(OC)c(OCc2cccc3ccccc23)cc1Br. The molecule has 4 aromatic rings. The molecule has 256 valence electrons. The van der Waals surface area contributed by atoms with Crippen molar-refractivity contribution < 1.29 is 38.4 Å². The summed E-state index contributed by atoms with van der Waals surface area (Å²) >= 11 is 3.57. The number of methoxy groups -OCH3 is 2. The molecule has 2 atom stereocenters.